The van der Waals surface area contributed by atoms with Gasteiger partial charge in [0.25, 0.3) is 5.91 Å². The molecule has 0 unspecified atom stereocenters. The smallest absolute Gasteiger partial charge is 0.253 e. The normalized spacial score (nSPS) is 19.8. The number of hydrogen-bond donors (Lipinski definition) is 1. The van der Waals surface area contributed by atoms with E-state index in [1.54, 1.807) is 18.7 Å². The van der Waals surface area contributed by atoms with Crippen LogP contribution in [0.5, 0.6) is 0 Å². The van der Waals surface area contributed by atoms with Gasteiger partial charge in [-0.15, -0.1) is 0 Å². The number of amides is 1. The van der Waals surface area contributed by atoms with Gasteiger partial charge in [-0.25, -0.2) is 0 Å². The summed E-state index contributed by atoms with van der Waals surface area (Å²) in [5, 5.41) is 9.53. The van der Waals surface area contributed by atoms with Crippen molar-refractivity contribution in [3.05, 3.63) is 0 Å². The Hall–Kier alpha value is -0.220. The van der Waals surface area contributed by atoms with E-state index in [9.17, 15) is 9.90 Å². The van der Waals surface area contributed by atoms with Gasteiger partial charge in [-0.3, -0.25) is 4.79 Å². The Kier molecular flexibility index (Phi) is 3.62. The fourth-order valence-corrected chi connectivity index (χ4v) is 2.22. The predicted molar refractivity (Wildman–Crippen MR) is 54.8 cm³/mol. The lowest BCUT2D eigenvalue weighted by Crippen LogP contribution is -2.46. The minimum Gasteiger partial charge on any atom is -0.381 e. The Morgan fingerprint density at radius 3 is 2.69 bits per heavy atom. The molecule has 1 amide bonds. The number of carbonyl (C=O) groups excluding carboxylic acids is 1. The van der Waals surface area contributed by atoms with E-state index in [0.29, 0.717) is 0 Å². The molecule has 0 bridgehead atoms. The van der Waals surface area contributed by atoms with Gasteiger partial charge in [-0.2, -0.15) is 11.8 Å². The third-order valence-corrected chi connectivity index (χ3v) is 3.08. The van der Waals surface area contributed by atoms with Gasteiger partial charge in [0.15, 0.2) is 0 Å². The number of carbonyl (C=O) groups is 1. The molecule has 0 aromatic heterocycles. The summed E-state index contributed by atoms with van der Waals surface area (Å²) in [5.41, 5.74) is -1.21. The Morgan fingerprint density at radius 1 is 1.38 bits per heavy atom. The highest BCUT2D eigenvalue weighted by molar-refractivity contribution is 7.99. The second-order valence-corrected chi connectivity index (χ2v) is 5.04. The fourth-order valence-electron chi connectivity index (χ4n) is 1.34. The average molecular weight is 203 g/mol. The Bertz CT molecular complexity index is 181. The third-order valence-electron chi connectivity index (χ3n) is 2.03. The van der Waals surface area contributed by atoms with Crippen LogP contribution >= 0.6 is 11.8 Å². The summed E-state index contributed by atoms with van der Waals surface area (Å²) in [5.74, 6) is 1.97. The topological polar surface area (TPSA) is 40.5 Å². The lowest BCUT2D eigenvalue weighted by molar-refractivity contribution is -0.147. The van der Waals surface area contributed by atoms with Gasteiger partial charge in [-0.05, 0) is 26.0 Å². The summed E-state index contributed by atoms with van der Waals surface area (Å²) in [6.07, 6.45) is 1.03. The minimum absolute atomic E-state index is 0.144. The van der Waals surface area contributed by atoms with Crippen LogP contribution < -0.4 is 0 Å². The fraction of sp³-hybridized carbons (Fsp3) is 0.889. The predicted octanol–water partition coefficient (Wildman–Crippen LogP) is 0.723. The van der Waals surface area contributed by atoms with Crippen LogP contribution in [0.4, 0.5) is 0 Å². The van der Waals surface area contributed by atoms with Crippen molar-refractivity contribution in [3.63, 3.8) is 0 Å². The standard InChI is InChI=1S/C9H17NO2S/c1-9(2,12)8(11)10-4-3-6-13-7-5-10/h12H,3-7H2,1-2H3. The molecule has 1 aliphatic heterocycles. The quantitative estimate of drug-likeness (QED) is 0.683. The molecule has 0 saturated carbocycles. The first-order valence-electron chi connectivity index (χ1n) is 4.61. The van der Waals surface area contributed by atoms with Gasteiger partial charge in [-0.1, -0.05) is 0 Å². The number of thioether (sulfide) groups is 1. The van der Waals surface area contributed by atoms with Crippen molar-refractivity contribution in [1.82, 2.24) is 4.90 Å². The molecule has 1 fully saturated rings. The van der Waals surface area contributed by atoms with E-state index in [1.165, 1.54) is 0 Å². The highest BCUT2D eigenvalue weighted by Crippen LogP contribution is 2.14. The zero-order valence-electron chi connectivity index (χ0n) is 8.25. The molecule has 0 aromatic rings. The van der Waals surface area contributed by atoms with Crippen LogP contribution in [0, 0.1) is 0 Å². The SMILES string of the molecule is CC(C)(O)C(=O)N1CCCSCC1. The third kappa shape index (κ3) is 3.19. The largest absolute Gasteiger partial charge is 0.381 e. The molecule has 1 saturated heterocycles. The zero-order chi connectivity index (χ0) is 9.90. The molecule has 1 aliphatic rings. The Labute approximate surface area is 83.5 Å². The van der Waals surface area contributed by atoms with Gasteiger partial charge in [0.2, 0.25) is 0 Å². The van der Waals surface area contributed by atoms with Gasteiger partial charge in [0, 0.05) is 18.8 Å². The molecule has 0 atom stereocenters. The molecule has 4 heteroatoms. The summed E-state index contributed by atoms with van der Waals surface area (Å²) >= 11 is 1.87. The average Bonchev–Trinajstić information content (AvgIpc) is 2.28. The Balaban J connectivity index is 2.54. The molecule has 0 spiro atoms. The first kappa shape index (κ1) is 10.9. The van der Waals surface area contributed by atoms with Crippen LogP contribution in [0.25, 0.3) is 0 Å². The number of hydrogen-bond acceptors (Lipinski definition) is 3. The molecular formula is C9H17NO2S. The molecule has 0 radical (unpaired) electrons. The van der Waals surface area contributed by atoms with Crippen LogP contribution in [0.15, 0.2) is 0 Å². The number of aliphatic hydroxyl groups is 1. The molecule has 13 heavy (non-hydrogen) atoms. The van der Waals surface area contributed by atoms with Crippen molar-refractivity contribution in [2.75, 3.05) is 24.6 Å². The van der Waals surface area contributed by atoms with E-state index < -0.39 is 5.60 Å². The van der Waals surface area contributed by atoms with Gasteiger partial charge in [0.05, 0.1) is 0 Å². The molecule has 76 valence electrons. The van der Waals surface area contributed by atoms with Crippen LogP contribution in [0.3, 0.4) is 0 Å². The van der Waals surface area contributed by atoms with E-state index in [4.69, 9.17) is 0 Å². The van der Waals surface area contributed by atoms with Gasteiger partial charge < -0.3 is 10.0 Å². The molecule has 3 nitrogen and oxygen atoms in total. The first-order chi connectivity index (χ1) is 6.02. The van der Waals surface area contributed by atoms with Gasteiger partial charge >= 0.3 is 0 Å². The molecular weight excluding hydrogens is 186 g/mol. The van der Waals surface area contributed by atoms with E-state index in [1.807, 2.05) is 11.8 Å². The highest BCUT2D eigenvalue weighted by atomic mass is 32.2. The van der Waals surface area contributed by atoms with E-state index in [-0.39, 0.29) is 5.91 Å². The number of rotatable bonds is 1. The van der Waals surface area contributed by atoms with Crippen molar-refractivity contribution in [2.45, 2.75) is 25.9 Å². The van der Waals surface area contributed by atoms with Crippen molar-refractivity contribution in [3.8, 4) is 0 Å². The van der Waals surface area contributed by atoms with Crippen LogP contribution in [-0.4, -0.2) is 46.1 Å². The van der Waals surface area contributed by atoms with Crippen molar-refractivity contribution in [2.24, 2.45) is 0 Å². The van der Waals surface area contributed by atoms with E-state index >= 15 is 0 Å². The minimum atomic E-state index is -1.21. The molecule has 1 rings (SSSR count). The van der Waals surface area contributed by atoms with Crippen molar-refractivity contribution in [1.29, 1.82) is 0 Å². The molecule has 1 heterocycles. The van der Waals surface area contributed by atoms with Gasteiger partial charge in [0.1, 0.15) is 5.60 Å². The summed E-state index contributed by atoms with van der Waals surface area (Å²) in [6, 6.07) is 0. The lowest BCUT2D eigenvalue weighted by Gasteiger charge is -2.26. The maximum Gasteiger partial charge on any atom is 0.253 e. The van der Waals surface area contributed by atoms with Crippen LogP contribution in [0.1, 0.15) is 20.3 Å². The van der Waals surface area contributed by atoms with Crippen LogP contribution in [0.2, 0.25) is 0 Å². The maximum atomic E-state index is 11.6. The first-order valence-corrected chi connectivity index (χ1v) is 5.77. The zero-order valence-corrected chi connectivity index (χ0v) is 9.06. The second-order valence-electron chi connectivity index (χ2n) is 3.82. The Morgan fingerprint density at radius 2 is 2.08 bits per heavy atom. The molecule has 0 aliphatic carbocycles. The summed E-state index contributed by atoms with van der Waals surface area (Å²) in [4.78, 5) is 13.4. The summed E-state index contributed by atoms with van der Waals surface area (Å²) in [7, 11) is 0. The summed E-state index contributed by atoms with van der Waals surface area (Å²) in [6.45, 7) is 4.66. The van der Waals surface area contributed by atoms with Crippen molar-refractivity contribution >= 4 is 17.7 Å². The van der Waals surface area contributed by atoms with Crippen LogP contribution in [-0.2, 0) is 4.79 Å². The highest BCUT2D eigenvalue weighted by Gasteiger charge is 2.29. The maximum absolute atomic E-state index is 11.6. The molecule has 1 N–H and O–H groups in total. The van der Waals surface area contributed by atoms with Crippen molar-refractivity contribution < 1.29 is 9.90 Å². The summed E-state index contributed by atoms with van der Waals surface area (Å²) < 4.78 is 0. The van der Waals surface area contributed by atoms with E-state index in [2.05, 4.69) is 0 Å². The van der Waals surface area contributed by atoms with E-state index in [0.717, 1.165) is 31.0 Å². The monoisotopic (exact) mass is 203 g/mol. The second kappa shape index (κ2) is 4.33. The molecule has 0 aromatic carbocycles. The lowest BCUT2D eigenvalue weighted by atomic mass is 10.1. The number of nitrogens with zero attached hydrogens (tertiary/aromatic N) is 1.